The van der Waals surface area contributed by atoms with Gasteiger partial charge in [-0.25, -0.2) is 23.7 Å². The van der Waals surface area contributed by atoms with Crippen molar-refractivity contribution in [1.82, 2.24) is 18.3 Å². The van der Waals surface area contributed by atoms with E-state index in [1.165, 1.54) is 139 Å². The fourth-order valence-corrected chi connectivity index (χ4v) is 17.4. The van der Waals surface area contributed by atoms with Crippen LogP contribution < -0.4 is 32.0 Å². The second-order valence-corrected chi connectivity index (χ2v) is 31.0. The van der Waals surface area contributed by atoms with Crippen molar-refractivity contribution >= 4 is 50.1 Å². The van der Waals surface area contributed by atoms with Crippen LogP contribution in [0, 0.1) is 34.0 Å². The van der Waals surface area contributed by atoms with Gasteiger partial charge in [0.25, 0.3) is 22.9 Å². The summed E-state index contributed by atoms with van der Waals surface area (Å²) in [6.45, 7) is -1.44. The van der Waals surface area contributed by atoms with E-state index >= 15 is 9.36 Å². The van der Waals surface area contributed by atoms with E-state index < -0.39 is 153 Å². The van der Waals surface area contributed by atoms with Gasteiger partial charge in [-0.1, -0.05) is 127 Å². The summed E-state index contributed by atoms with van der Waals surface area (Å²) in [7, 11) is -2.73. The van der Waals surface area contributed by atoms with E-state index in [0.29, 0.717) is 37.3 Å². The molecule has 0 saturated carbocycles. The Morgan fingerprint density at radius 3 is 1.29 bits per heavy atom. The molecule has 11 rings (SSSR count). The number of hydrogen-bond acceptors (Lipinski definition) is 26. The number of carbonyl (C=O) groups excluding carboxylic acids is 4. The van der Waals surface area contributed by atoms with Gasteiger partial charge >= 0.3 is 37.9 Å². The van der Waals surface area contributed by atoms with Crippen LogP contribution in [0.4, 0.5) is 0 Å². The summed E-state index contributed by atoms with van der Waals surface area (Å²) < 4.78 is 103. The highest BCUT2D eigenvalue weighted by molar-refractivity contribution is 8.07. The van der Waals surface area contributed by atoms with E-state index in [-0.39, 0.29) is 35.1 Å². The standard InChI is InChI=1S/C80H75N7O22P2S/c1-78(2,43-46-82)108-111(112,109-79(3,4)44-47-83)107-69-67(62(102-73(69)85-49-42-65(89)87(77(85)95)71(91)54-25-14-8-15-26-54)51-99-80(57-31-20-11-21-32-57,58-33-37-60(97-5)38-34-58)59-35-39-61(98-6)40-36-59)106-110(96,100-50-22-45-81)101-52-63-66(104-74(92)55-27-16-9-17-28-55)68(105-75(93)56-29-18-10-19-30-56)72(103-63)84-48-41-64(88)86(76(84)94)70(90)53-23-12-7-13-24-53/h7-21,23-42,48-49,62-63,66-69,72-73H,22,43-44,50-52H2,1-6H3/t62-,63-,66-,67-,68-,69-,72-,73-,110?/m1/s1. The molecule has 0 bridgehead atoms. The Labute approximate surface area is 646 Å². The van der Waals surface area contributed by atoms with Crippen molar-refractivity contribution in [2.75, 3.05) is 34.0 Å². The first-order valence-corrected chi connectivity index (χ1v) is 38.9. The molecule has 1 unspecified atom stereocenters. The zero-order valence-electron chi connectivity index (χ0n) is 61.1. The molecular formula is C80H75N7O22P2S. The van der Waals surface area contributed by atoms with E-state index in [4.69, 9.17) is 72.1 Å². The first-order valence-electron chi connectivity index (χ1n) is 34.9. The van der Waals surface area contributed by atoms with Gasteiger partial charge in [-0.2, -0.15) is 24.9 Å². The number of aromatic nitrogens is 4. The Bertz CT molecular complexity index is 5260. The molecule has 4 heterocycles. The van der Waals surface area contributed by atoms with Crippen molar-refractivity contribution in [3.05, 3.63) is 305 Å². The Morgan fingerprint density at radius 1 is 0.473 bits per heavy atom. The number of benzene rings is 7. The Morgan fingerprint density at radius 2 is 0.866 bits per heavy atom. The highest BCUT2D eigenvalue weighted by Crippen LogP contribution is 2.62. The van der Waals surface area contributed by atoms with Crippen LogP contribution in [-0.4, -0.2) is 124 Å². The quantitative estimate of drug-likeness (QED) is 0.0163. The minimum atomic E-state index is -5.70. The number of carbonyl (C=O) groups is 4. The van der Waals surface area contributed by atoms with Crippen molar-refractivity contribution in [2.45, 2.75) is 113 Å². The van der Waals surface area contributed by atoms with E-state index in [2.05, 4.69) is 0 Å². The summed E-state index contributed by atoms with van der Waals surface area (Å²) in [5, 5.41) is 30.6. The monoisotopic (exact) mass is 1580 g/mol. The van der Waals surface area contributed by atoms with Gasteiger partial charge in [0.2, 0.25) is 0 Å². The number of phosphoric acid groups is 1. The molecule has 32 heteroatoms. The third-order valence-corrected chi connectivity index (χ3v) is 21.9. The molecule has 0 radical (unpaired) electrons. The molecule has 2 aromatic heterocycles. The number of nitriles is 3. The highest BCUT2D eigenvalue weighted by atomic mass is 32.5. The van der Waals surface area contributed by atoms with Gasteiger partial charge in [0.05, 0.1) is 93.8 Å². The summed E-state index contributed by atoms with van der Waals surface area (Å²) in [5.74, 6) is -3.40. The van der Waals surface area contributed by atoms with Gasteiger partial charge in [-0.3, -0.25) is 46.4 Å². The minimum absolute atomic E-state index is 0.0525. The minimum Gasteiger partial charge on any atom is -0.497 e. The number of esters is 2. The van der Waals surface area contributed by atoms with Crippen LogP contribution in [0.1, 0.15) is 118 Å². The summed E-state index contributed by atoms with van der Waals surface area (Å²) in [6.07, 6.45) is -15.3. The SMILES string of the molecule is COc1ccc(C(OC[C@H]2O[C@@H](n3ccc(=O)n(C(=O)c4ccccc4)c3=O)[C@H](OP(=S)(OC(C)(C)CC#N)OC(C)(C)CC#N)[C@@H]2OP(=O)(OCCC#N)OC[C@H]2O[C@@H](n3ccc(=O)n(C(=O)c4ccccc4)c3=O)[C@H](OC(=O)c3ccccc3)[C@@H]2OC(=O)c2ccccc2)(c2ccccc2)c2ccc(OC)cc2)cc1. The van der Waals surface area contributed by atoms with Crippen LogP contribution in [0.2, 0.25) is 0 Å². The molecule has 29 nitrogen and oxygen atoms in total. The summed E-state index contributed by atoms with van der Waals surface area (Å²) in [6, 6.07) is 60.0. The molecule has 0 aliphatic carbocycles. The molecule has 7 aromatic carbocycles. The van der Waals surface area contributed by atoms with Gasteiger partial charge in [-0.05, 0) is 129 Å². The number of ether oxygens (including phenoxy) is 7. The molecule has 2 saturated heterocycles. The molecule has 9 atom stereocenters. The molecule has 0 spiro atoms. The first-order chi connectivity index (χ1) is 53.8. The number of nitrogens with zero attached hydrogens (tertiary/aromatic N) is 7. The summed E-state index contributed by atoms with van der Waals surface area (Å²) >= 11 is 6.36. The maximum atomic E-state index is 16.8. The van der Waals surface area contributed by atoms with Crippen LogP contribution in [0.3, 0.4) is 0 Å². The third-order valence-electron chi connectivity index (χ3n) is 17.8. The topological polar surface area (TPSA) is 365 Å². The molecule has 2 aliphatic rings. The zero-order chi connectivity index (χ0) is 80.0. The average molecular weight is 1580 g/mol. The molecule has 578 valence electrons. The molecule has 2 fully saturated rings. The van der Waals surface area contributed by atoms with Crippen LogP contribution >= 0.6 is 14.5 Å². The number of hydrogen-bond donors (Lipinski definition) is 0. The van der Waals surface area contributed by atoms with E-state index in [1.54, 1.807) is 103 Å². The van der Waals surface area contributed by atoms with Crippen molar-refractivity contribution in [3.63, 3.8) is 0 Å². The number of phosphoric ester groups is 1. The lowest BCUT2D eigenvalue weighted by Gasteiger charge is -2.39. The largest absolute Gasteiger partial charge is 0.497 e. The predicted molar refractivity (Wildman–Crippen MR) is 404 cm³/mol. The van der Waals surface area contributed by atoms with Gasteiger partial charge in [0, 0.05) is 35.7 Å². The van der Waals surface area contributed by atoms with Gasteiger partial charge in [-0.15, -0.1) is 0 Å². The Kier molecular flexibility index (Phi) is 26.2. The maximum Gasteiger partial charge on any atom is 0.475 e. The second-order valence-electron chi connectivity index (χ2n) is 26.6. The summed E-state index contributed by atoms with van der Waals surface area (Å²) in [4.78, 5) is 116. The Balaban J connectivity index is 1.12. The maximum absolute atomic E-state index is 16.8. The molecule has 9 aromatic rings. The average Bonchev–Trinajstić information content (AvgIpc) is 1.19. The molecular weight excluding hydrogens is 1500 g/mol. The van der Waals surface area contributed by atoms with Gasteiger partial charge in [0.1, 0.15) is 41.5 Å². The molecule has 2 aliphatic heterocycles. The first kappa shape index (κ1) is 81.7. The fourth-order valence-electron chi connectivity index (χ4n) is 12.5. The van der Waals surface area contributed by atoms with Crippen molar-refractivity contribution in [3.8, 4) is 29.7 Å². The van der Waals surface area contributed by atoms with Gasteiger partial charge in [0.15, 0.2) is 24.7 Å². The molecule has 0 amide bonds. The highest BCUT2D eigenvalue weighted by Gasteiger charge is 2.58. The number of rotatable bonds is 32. The van der Waals surface area contributed by atoms with Crippen LogP contribution in [0.15, 0.2) is 244 Å². The van der Waals surface area contributed by atoms with Crippen molar-refractivity contribution in [1.29, 1.82) is 15.8 Å². The summed E-state index contributed by atoms with van der Waals surface area (Å²) in [5.41, 5.74) is -8.64. The van der Waals surface area contributed by atoms with Crippen LogP contribution in [0.5, 0.6) is 11.5 Å². The van der Waals surface area contributed by atoms with Crippen molar-refractivity contribution < 1.29 is 84.0 Å². The van der Waals surface area contributed by atoms with Gasteiger partial charge < -0.3 is 42.2 Å². The Hall–Kier alpha value is -11.2. The molecule has 112 heavy (non-hydrogen) atoms. The second kappa shape index (κ2) is 35.9. The lowest BCUT2D eigenvalue weighted by Crippen LogP contribution is -2.47. The van der Waals surface area contributed by atoms with Crippen molar-refractivity contribution in [2.24, 2.45) is 0 Å². The van der Waals surface area contributed by atoms with E-state index in [9.17, 15) is 49.3 Å². The van der Waals surface area contributed by atoms with Crippen LogP contribution in [0.25, 0.3) is 0 Å². The van der Waals surface area contributed by atoms with E-state index in [0.717, 1.165) is 33.7 Å². The third kappa shape index (κ3) is 18.7. The smallest absolute Gasteiger partial charge is 0.475 e. The number of methoxy groups -OCH3 is 2. The molecule has 0 N–H and O–H groups in total. The van der Waals surface area contributed by atoms with E-state index in [1.807, 2.05) is 18.2 Å². The normalized spacial score (nSPS) is 18.9. The zero-order valence-corrected chi connectivity index (χ0v) is 63.7. The lowest BCUT2D eigenvalue weighted by atomic mass is 9.80. The lowest BCUT2D eigenvalue weighted by molar-refractivity contribution is -0.0973. The predicted octanol–water partition coefficient (Wildman–Crippen LogP) is 11.2. The van der Waals surface area contributed by atoms with Crippen LogP contribution in [-0.2, 0) is 72.8 Å². The fraction of sp³-hybridized carbons (Fsp3) is 0.287.